The summed E-state index contributed by atoms with van der Waals surface area (Å²) >= 11 is 3.42. The molecule has 0 saturated heterocycles. The Kier molecular flexibility index (Phi) is 3.91. The van der Waals surface area contributed by atoms with Gasteiger partial charge < -0.3 is 4.74 Å². The normalized spacial score (nSPS) is 10.7. The Bertz CT molecular complexity index is 560. The minimum absolute atomic E-state index is 0.201. The topological polar surface area (TPSA) is 35.0 Å². The van der Waals surface area contributed by atoms with Crippen LogP contribution in [0.2, 0.25) is 0 Å². The Balaban J connectivity index is 2.34. The first kappa shape index (κ1) is 13.0. The van der Waals surface area contributed by atoms with Crippen molar-refractivity contribution < 1.29 is 9.13 Å². The van der Waals surface area contributed by atoms with Crippen LogP contribution in [0.15, 0.2) is 35.1 Å². The van der Waals surface area contributed by atoms with E-state index in [-0.39, 0.29) is 5.88 Å². The van der Waals surface area contributed by atoms with E-state index < -0.39 is 5.95 Å². The van der Waals surface area contributed by atoms with Crippen LogP contribution in [0, 0.1) is 5.95 Å². The first-order valence-electron chi connectivity index (χ1n) is 5.51. The van der Waals surface area contributed by atoms with Gasteiger partial charge in [-0.05, 0) is 29.7 Å². The summed E-state index contributed by atoms with van der Waals surface area (Å²) in [7, 11) is 0. The van der Waals surface area contributed by atoms with Crippen molar-refractivity contribution in [3.63, 3.8) is 0 Å². The average Bonchev–Trinajstić information content (AvgIpc) is 2.31. The molecule has 2 aromatic rings. The first-order chi connectivity index (χ1) is 8.56. The lowest BCUT2D eigenvalue weighted by molar-refractivity contribution is 0.443. The maximum atomic E-state index is 13.0. The third kappa shape index (κ3) is 3.04. The van der Waals surface area contributed by atoms with Crippen molar-refractivity contribution in [3.05, 3.63) is 46.6 Å². The van der Waals surface area contributed by atoms with Crippen LogP contribution in [-0.2, 0) is 0 Å². The van der Waals surface area contributed by atoms with E-state index in [2.05, 4.69) is 39.7 Å². The molecule has 94 valence electrons. The van der Waals surface area contributed by atoms with Crippen molar-refractivity contribution in [2.75, 3.05) is 0 Å². The van der Waals surface area contributed by atoms with Crippen molar-refractivity contribution in [1.29, 1.82) is 0 Å². The Morgan fingerprint density at radius 3 is 2.67 bits per heavy atom. The zero-order chi connectivity index (χ0) is 13.1. The molecule has 3 nitrogen and oxygen atoms in total. The van der Waals surface area contributed by atoms with Crippen LogP contribution in [0.25, 0.3) is 0 Å². The van der Waals surface area contributed by atoms with Crippen LogP contribution in [0.4, 0.5) is 4.39 Å². The molecule has 0 atom stereocenters. The molecular formula is C13H12BrFN2O. The van der Waals surface area contributed by atoms with Crippen LogP contribution in [0.5, 0.6) is 11.6 Å². The number of benzene rings is 1. The fourth-order valence-corrected chi connectivity index (χ4v) is 1.93. The molecule has 0 bridgehead atoms. The SMILES string of the molecule is CC(C)c1cc(Br)ccc1Oc1cc(F)ncn1. The minimum Gasteiger partial charge on any atom is -0.439 e. The Morgan fingerprint density at radius 2 is 2.00 bits per heavy atom. The zero-order valence-corrected chi connectivity index (χ0v) is 11.6. The van der Waals surface area contributed by atoms with Crippen molar-refractivity contribution in [2.24, 2.45) is 0 Å². The standard InChI is InChI=1S/C13H12BrFN2O/c1-8(2)10-5-9(14)3-4-11(10)18-13-6-12(15)16-7-17-13/h3-8H,1-2H3. The molecule has 0 unspecified atom stereocenters. The summed E-state index contributed by atoms with van der Waals surface area (Å²) in [5, 5.41) is 0. The molecule has 0 fully saturated rings. The monoisotopic (exact) mass is 310 g/mol. The molecule has 18 heavy (non-hydrogen) atoms. The molecule has 0 radical (unpaired) electrons. The summed E-state index contributed by atoms with van der Waals surface area (Å²) in [6, 6.07) is 6.85. The Hall–Kier alpha value is -1.49. The molecular weight excluding hydrogens is 299 g/mol. The highest BCUT2D eigenvalue weighted by molar-refractivity contribution is 9.10. The molecule has 0 aliphatic heterocycles. The third-order valence-electron chi connectivity index (χ3n) is 2.42. The van der Waals surface area contributed by atoms with Gasteiger partial charge in [0, 0.05) is 4.47 Å². The quantitative estimate of drug-likeness (QED) is 0.793. The van der Waals surface area contributed by atoms with Gasteiger partial charge in [-0.25, -0.2) is 9.97 Å². The van der Waals surface area contributed by atoms with E-state index in [9.17, 15) is 4.39 Å². The minimum atomic E-state index is -0.608. The average molecular weight is 311 g/mol. The summed E-state index contributed by atoms with van der Waals surface area (Å²) in [6.45, 7) is 4.13. The van der Waals surface area contributed by atoms with Gasteiger partial charge >= 0.3 is 0 Å². The maximum Gasteiger partial charge on any atom is 0.225 e. The van der Waals surface area contributed by atoms with Gasteiger partial charge in [0.25, 0.3) is 0 Å². The second-order valence-corrected chi connectivity index (χ2v) is 5.03. The van der Waals surface area contributed by atoms with E-state index in [0.29, 0.717) is 11.7 Å². The lowest BCUT2D eigenvalue weighted by Gasteiger charge is -2.13. The molecule has 0 N–H and O–H groups in total. The van der Waals surface area contributed by atoms with Gasteiger partial charge in [0.15, 0.2) is 0 Å². The predicted molar refractivity (Wildman–Crippen MR) is 70.3 cm³/mol. The van der Waals surface area contributed by atoms with Crippen molar-refractivity contribution in [3.8, 4) is 11.6 Å². The van der Waals surface area contributed by atoms with Crippen molar-refractivity contribution in [1.82, 2.24) is 9.97 Å². The molecule has 1 aromatic heterocycles. The van der Waals surface area contributed by atoms with Crippen molar-refractivity contribution >= 4 is 15.9 Å². The van der Waals surface area contributed by atoms with Crippen molar-refractivity contribution in [2.45, 2.75) is 19.8 Å². The Labute approximate surface area is 113 Å². The predicted octanol–water partition coefficient (Wildman–Crippen LogP) is 4.29. The van der Waals surface area contributed by atoms with Gasteiger partial charge in [-0.2, -0.15) is 4.39 Å². The number of hydrogen-bond donors (Lipinski definition) is 0. The number of ether oxygens (including phenoxy) is 1. The smallest absolute Gasteiger partial charge is 0.225 e. The molecule has 1 heterocycles. The fraction of sp³-hybridized carbons (Fsp3) is 0.231. The lowest BCUT2D eigenvalue weighted by Crippen LogP contribution is -1.96. The number of hydrogen-bond acceptors (Lipinski definition) is 3. The van der Waals surface area contributed by atoms with Crippen LogP contribution >= 0.6 is 15.9 Å². The van der Waals surface area contributed by atoms with E-state index in [1.165, 1.54) is 0 Å². The second kappa shape index (κ2) is 5.44. The zero-order valence-electron chi connectivity index (χ0n) is 10.0. The van der Waals surface area contributed by atoms with Gasteiger partial charge in [-0.15, -0.1) is 0 Å². The number of rotatable bonds is 3. The number of nitrogens with zero attached hydrogens (tertiary/aromatic N) is 2. The molecule has 5 heteroatoms. The van der Waals surface area contributed by atoms with Gasteiger partial charge in [-0.3, -0.25) is 0 Å². The van der Waals surface area contributed by atoms with Gasteiger partial charge in [0.1, 0.15) is 12.1 Å². The highest BCUT2D eigenvalue weighted by Gasteiger charge is 2.10. The molecule has 0 amide bonds. The summed E-state index contributed by atoms with van der Waals surface area (Å²) in [5.41, 5.74) is 1.03. The summed E-state index contributed by atoms with van der Waals surface area (Å²) in [4.78, 5) is 7.26. The van der Waals surface area contributed by atoms with E-state index >= 15 is 0 Å². The highest BCUT2D eigenvalue weighted by Crippen LogP contribution is 2.32. The van der Waals surface area contributed by atoms with E-state index in [1.54, 1.807) is 0 Å². The van der Waals surface area contributed by atoms with Crippen LogP contribution in [0.3, 0.4) is 0 Å². The van der Waals surface area contributed by atoms with Crippen LogP contribution in [0.1, 0.15) is 25.3 Å². The van der Waals surface area contributed by atoms with Gasteiger partial charge in [-0.1, -0.05) is 29.8 Å². The fourth-order valence-electron chi connectivity index (χ4n) is 1.55. The number of halogens is 2. The lowest BCUT2D eigenvalue weighted by atomic mass is 10.0. The maximum absolute atomic E-state index is 13.0. The van der Waals surface area contributed by atoms with E-state index in [0.717, 1.165) is 22.4 Å². The van der Waals surface area contributed by atoms with Gasteiger partial charge in [0.05, 0.1) is 6.07 Å². The first-order valence-corrected chi connectivity index (χ1v) is 6.30. The molecule has 0 saturated carbocycles. The van der Waals surface area contributed by atoms with Crippen LogP contribution in [-0.4, -0.2) is 9.97 Å². The Morgan fingerprint density at radius 1 is 1.22 bits per heavy atom. The second-order valence-electron chi connectivity index (χ2n) is 4.12. The number of aromatic nitrogens is 2. The molecule has 1 aromatic carbocycles. The molecule has 0 spiro atoms. The highest BCUT2D eigenvalue weighted by atomic mass is 79.9. The summed E-state index contributed by atoms with van der Waals surface area (Å²) < 4.78 is 19.5. The van der Waals surface area contributed by atoms with Gasteiger partial charge in [0.2, 0.25) is 11.8 Å². The summed E-state index contributed by atoms with van der Waals surface area (Å²) in [5.74, 6) is 0.561. The van der Waals surface area contributed by atoms with Crippen LogP contribution < -0.4 is 4.74 Å². The largest absolute Gasteiger partial charge is 0.439 e. The van der Waals surface area contributed by atoms with E-state index in [4.69, 9.17) is 4.74 Å². The summed E-state index contributed by atoms with van der Waals surface area (Å²) in [6.07, 6.45) is 1.14. The van der Waals surface area contributed by atoms with E-state index in [1.807, 2.05) is 18.2 Å². The molecule has 2 rings (SSSR count). The third-order valence-corrected chi connectivity index (χ3v) is 2.91. The molecule has 0 aliphatic rings. The molecule has 0 aliphatic carbocycles.